The molecule has 35 heavy (non-hydrogen) atoms. The van der Waals surface area contributed by atoms with E-state index in [1.807, 2.05) is 17.0 Å². The third-order valence-electron chi connectivity index (χ3n) is 4.97. The molecule has 0 fully saturated rings. The number of amides is 1. The predicted octanol–water partition coefficient (Wildman–Crippen LogP) is -4.22. The summed E-state index contributed by atoms with van der Waals surface area (Å²) in [6.07, 6.45) is 1.89. The Balaban J connectivity index is 0.00000306. The van der Waals surface area contributed by atoms with Crippen molar-refractivity contribution in [2.75, 3.05) is 29.3 Å². The third-order valence-corrected chi connectivity index (χ3v) is 6.60. The molecule has 3 rings (SSSR count). The Labute approximate surface area is 290 Å². The van der Waals surface area contributed by atoms with Crippen molar-refractivity contribution in [3.8, 4) is 0 Å². The van der Waals surface area contributed by atoms with E-state index in [9.17, 15) is 30.7 Å². The molecule has 176 valence electrons. The molecular weight excluding hydrogens is 549 g/mol. The van der Waals surface area contributed by atoms with Crippen molar-refractivity contribution in [2.45, 2.75) is 18.2 Å². The molecule has 2 aromatic rings. The van der Waals surface area contributed by atoms with Gasteiger partial charge in [0.2, 0.25) is 0 Å². The number of hydrazone groups is 1. The number of carbonyl (C=O) groups is 1. The van der Waals surface area contributed by atoms with Crippen molar-refractivity contribution in [2.24, 2.45) is 5.10 Å². The second kappa shape index (κ2) is 13.8. The normalized spacial score (nSPS) is 14.9. The van der Waals surface area contributed by atoms with Gasteiger partial charge in [-0.15, -0.1) is 0 Å². The number of anilines is 2. The van der Waals surface area contributed by atoms with Crippen molar-refractivity contribution in [1.29, 1.82) is 0 Å². The van der Waals surface area contributed by atoms with Gasteiger partial charge in [-0.1, -0.05) is 12.1 Å². The second-order valence-electron chi connectivity index (χ2n) is 7.44. The van der Waals surface area contributed by atoms with Gasteiger partial charge in [0.1, 0.15) is 10.1 Å². The minimum absolute atomic E-state index is 0. The standard InChI is InChI=1S/C21H23N3O7S2.2K/c1-15-20(21(25)24(22-15)18-8-10-19(11-9-18)33(29,30)31)14-16-4-6-17(7-5-16)23(2)12-3-13-32(26,27)28;;/h4-11,14H,3,12-13H2,1-2H3,(H,26,27,28)(H,29,30,31);;/q;2*+1/p-2/b20-14+;;. The van der Waals surface area contributed by atoms with Crippen LogP contribution in [-0.4, -0.2) is 56.9 Å². The number of benzene rings is 2. The molecule has 0 saturated heterocycles. The number of hydrogen-bond acceptors (Lipinski definition) is 9. The zero-order valence-electron chi connectivity index (χ0n) is 19.8. The van der Waals surface area contributed by atoms with E-state index in [1.165, 1.54) is 12.1 Å². The van der Waals surface area contributed by atoms with Crippen molar-refractivity contribution in [3.63, 3.8) is 0 Å². The molecule has 0 aromatic heterocycles. The van der Waals surface area contributed by atoms with E-state index >= 15 is 0 Å². The Kier molecular flexibility index (Phi) is 13.1. The number of carbonyl (C=O) groups excluding carboxylic acids is 1. The molecule has 0 spiro atoms. The Bertz CT molecular complexity index is 1330. The van der Waals surface area contributed by atoms with E-state index < -0.39 is 36.8 Å². The molecule has 10 nitrogen and oxygen atoms in total. The maximum absolute atomic E-state index is 12.9. The van der Waals surface area contributed by atoms with Crippen molar-refractivity contribution in [1.82, 2.24) is 0 Å². The van der Waals surface area contributed by atoms with E-state index in [4.69, 9.17) is 0 Å². The summed E-state index contributed by atoms with van der Waals surface area (Å²) < 4.78 is 65.4. The monoisotopic (exact) mass is 569 g/mol. The maximum atomic E-state index is 12.9. The molecule has 0 atom stereocenters. The summed E-state index contributed by atoms with van der Waals surface area (Å²) in [5, 5.41) is 5.36. The number of nitrogens with zero attached hydrogens (tertiary/aromatic N) is 3. The van der Waals surface area contributed by atoms with Crippen LogP contribution in [0.2, 0.25) is 0 Å². The summed E-state index contributed by atoms with van der Waals surface area (Å²) in [5.41, 5.74) is 2.71. The molecule has 1 amide bonds. The van der Waals surface area contributed by atoms with E-state index in [0.717, 1.165) is 28.4 Å². The first-order chi connectivity index (χ1) is 15.3. The Hall–Kier alpha value is 0.213. The van der Waals surface area contributed by atoms with Crippen LogP contribution in [-0.2, 0) is 25.0 Å². The average molecular weight is 570 g/mol. The van der Waals surface area contributed by atoms with E-state index in [0.29, 0.717) is 23.5 Å². The van der Waals surface area contributed by atoms with Crippen LogP contribution in [0.4, 0.5) is 11.4 Å². The summed E-state index contributed by atoms with van der Waals surface area (Å²) >= 11 is 0. The molecule has 0 bridgehead atoms. The van der Waals surface area contributed by atoms with Gasteiger partial charge in [0.25, 0.3) is 5.91 Å². The van der Waals surface area contributed by atoms with Crippen LogP contribution in [0.1, 0.15) is 18.9 Å². The topological polar surface area (TPSA) is 150 Å². The first-order valence-electron chi connectivity index (χ1n) is 9.77. The molecular formula is C21H21K2N3O7S2. The van der Waals surface area contributed by atoms with Gasteiger partial charge in [-0.05, 0) is 61.4 Å². The van der Waals surface area contributed by atoms with Gasteiger partial charge in [0.05, 0.1) is 32.0 Å². The van der Waals surface area contributed by atoms with Gasteiger partial charge in [-0.2, -0.15) is 10.1 Å². The molecule has 1 aliphatic rings. The van der Waals surface area contributed by atoms with Gasteiger partial charge in [-0.3, -0.25) is 4.79 Å². The van der Waals surface area contributed by atoms with Gasteiger partial charge in [-0.25, -0.2) is 16.8 Å². The van der Waals surface area contributed by atoms with E-state index in [-0.39, 0.29) is 109 Å². The fourth-order valence-corrected chi connectivity index (χ4v) is 4.16. The zero-order valence-corrected chi connectivity index (χ0v) is 27.7. The Morgan fingerprint density at radius 2 is 1.54 bits per heavy atom. The van der Waals surface area contributed by atoms with Gasteiger partial charge < -0.3 is 14.0 Å². The van der Waals surface area contributed by atoms with Crippen LogP contribution in [0, 0.1) is 0 Å². The maximum Gasteiger partial charge on any atom is 1.00 e. The number of hydrogen-bond donors (Lipinski definition) is 0. The summed E-state index contributed by atoms with van der Waals surface area (Å²) in [4.78, 5) is 14.3. The minimum atomic E-state index is -4.59. The summed E-state index contributed by atoms with van der Waals surface area (Å²) in [7, 11) is -7.04. The van der Waals surface area contributed by atoms with Crippen LogP contribution in [0.5, 0.6) is 0 Å². The van der Waals surface area contributed by atoms with Crippen molar-refractivity contribution >= 4 is 49.3 Å². The van der Waals surface area contributed by atoms with Crippen LogP contribution in [0.25, 0.3) is 6.08 Å². The van der Waals surface area contributed by atoms with E-state index in [2.05, 4.69) is 5.10 Å². The van der Waals surface area contributed by atoms with Crippen molar-refractivity contribution < 1.29 is 134 Å². The van der Waals surface area contributed by atoms with Crippen molar-refractivity contribution in [3.05, 3.63) is 59.7 Å². The molecule has 2 aromatic carbocycles. The van der Waals surface area contributed by atoms with Crippen LogP contribution in [0.3, 0.4) is 0 Å². The molecule has 1 aliphatic heterocycles. The van der Waals surface area contributed by atoms with Gasteiger partial charge in [0.15, 0.2) is 0 Å². The first-order valence-corrected chi connectivity index (χ1v) is 12.8. The minimum Gasteiger partial charge on any atom is -0.748 e. The molecule has 1 heterocycles. The third kappa shape index (κ3) is 9.47. The fraction of sp³-hybridized carbons (Fsp3) is 0.238. The molecule has 0 N–H and O–H groups in total. The average Bonchev–Trinajstić information content (AvgIpc) is 3.01. The molecule has 0 unspecified atom stereocenters. The summed E-state index contributed by atoms with van der Waals surface area (Å²) in [6, 6.07) is 12.1. The summed E-state index contributed by atoms with van der Waals surface area (Å²) in [6.45, 7) is 2.07. The van der Waals surface area contributed by atoms with Gasteiger partial charge in [0, 0.05) is 25.0 Å². The fourth-order valence-electron chi connectivity index (χ4n) is 3.21. The first kappa shape index (κ1) is 33.2. The molecule has 14 heteroatoms. The second-order valence-corrected chi connectivity index (χ2v) is 10.3. The quantitative estimate of drug-likeness (QED) is 0.176. The Morgan fingerprint density at radius 3 is 2.06 bits per heavy atom. The SMILES string of the molecule is CC1=NN(c2ccc(S(=O)(=O)[O-])cc2)C(=O)/C1=C/c1ccc(N(C)CCCS(=O)(=O)[O-])cc1.[K+].[K+]. The van der Waals surface area contributed by atoms with E-state index in [1.54, 1.807) is 32.2 Å². The molecule has 0 aliphatic carbocycles. The molecule has 0 radical (unpaired) electrons. The van der Waals surface area contributed by atoms with Crippen LogP contribution >= 0.6 is 0 Å². The predicted molar refractivity (Wildman–Crippen MR) is 122 cm³/mol. The van der Waals surface area contributed by atoms with Crippen LogP contribution in [0.15, 0.2) is 64.1 Å². The largest absolute Gasteiger partial charge is 1.00 e. The smallest absolute Gasteiger partial charge is 0.748 e. The zero-order chi connectivity index (χ0) is 24.4. The molecule has 0 saturated carbocycles. The Morgan fingerprint density at radius 1 is 0.971 bits per heavy atom. The van der Waals surface area contributed by atoms with Gasteiger partial charge >= 0.3 is 103 Å². The van der Waals surface area contributed by atoms with Crippen LogP contribution < -0.4 is 113 Å². The number of rotatable bonds is 8. The summed E-state index contributed by atoms with van der Waals surface area (Å²) in [5.74, 6) is -0.820.